The molecule has 0 aromatic heterocycles. The summed E-state index contributed by atoms with van der Waals surface area (Å²) in [7, 11) is 0. The van der Waals surface area contributed by atoms with Gasteiger partial charge >= 0.3 is 0 Å². The third-order valence-corrected chi connectivity index (χ3v) is 12.4. The Balaban J connectivity index is 2.29. The maximum absolute atomic E-state index is 13.0. The van der Waals surface area contributed by atoms with Crippen LogP contribution in [-0.2, 0) is 14.3 Å². The number of amides is 1. The zero-order valence-corrected chi connectivity index (χ0v) is 38.5. The molecule has 59 heavy (non-hydrogen) atoms. The third-order valence-electron chi connectivity index (χ3n) is 12.4. The van der Waals surface area contributed by atoms with Crippen LogP contribution in [0, 0.1) is 0 Å². The first-order valence-electron chi connectivity index (χ1n) is 25.4. The van der Waals surface area contributed by atoms with Crippen LogP contribution in [0.15, 0.2) is 12.2 Å². The summed E-state index contributed by atoms with van der Waals surface area (Å²) in [6.45, 7) is 3.80. The molecule has 9 heteroatoms. The maximum atomic E-state index is 13.0. The zero-order chi connectivity index (χ0) is 43.0. The first-order chi connectivity index (χ1) is 28.8. The Morgan fingerprint density at radius 3 is 1.32 bits per heavy atom. The van der Waals surface area contributed by atoms with Crippen molar-refractivity contribution < 1.29 is 39.8 Å². The van der Waals surface area contributed by atoms with Crippen LogP contribution in [0.2, 0.25) is 0 Å². The Labute approximate surface area is 363 Å². The molecule has 1 heterocycles. The standard InChI is InChI=1S/C50H97NO8/c1-3-5-7-9-11-13-15-17-19-21-22-24-26-28-30-32-34-36-38-40-46(54)51-43(42-58-50-49(57)48(56)47(55)45(41-52)59-50)44(53)39-37-35-33-31-29-27-25-23-20-18-16-14-12-10-8-6-4-2/h37,39,43-45,47-50,52-53,55-57H,3-36,38,40-42H2,1-2H3,(H,51,54)/b39-37+. The van der Waals surface area contributed by atoms with Gasteiger partial charge in [-0.25, -0.2) is 0 Å². The number of hydrogen-bond donors (Lipinski definition) is 6. The summed E-state index contributed by atoms with van der Waals surface area (Å²) in [5.41, 5.74) is 0. The first kappa shape index (κ1) is 55.9. The molecular weight excluding hydrogens is 743 g/mol. The normalized spacial score (nSPS) is 20.7. The second-order valence-corrected chi connectivity index (χ2v) is 18.0. The lowest BCUT2D eigenvalue weighted by Crippen LogP contribution is -2.60. The molecule has 6 N–H and O–H groups in total. The Kier molecular flexibility index (Phi) is 38.9. The van der Waals surface area contributed by atoms with Gasteiger partial charge in [0.05, 0.1) is 25.4 Å². The van der Waals surface area contributed by atoms with Gasteiger partial charge in [-0.3, -0.25) is 4.79 Å². The van der Waals surface area contributed by atoms with Gasteiger partial charge in [0.25, 0.3) is 0 Å². The highest BCUT2D eigenvalue weighted by Crippen LogP contribution is 2.23. The Hall–Kier alpha value is -1.07. The quantitative estimate of drug-likeness (QED) is 0.0263. The van der Waals surface area contributed by atoms with Crippen molar-refractivity contribution in [2.75, 3.05) is 13.2 Å². The van der Waals surface area contributed by atoms with Gasteiger partial charge in [0.15, 0.2) is 6.29 Å². The number of nitrogens with one attached hydrogen (secondary N) is 1. The van der Waals surface area contributed by atoms with E-state index >= 15 is 0 Å². The highest BCUT2D eigenvalue weighted by atomic mass is 16.7. The third kappa shape index (κ3) is 31.4. The molecule has 9 nitrogen and oxygen atoms in total. The molecule has 7 unspecified atom stereocenters. The van der Waals surface area contributed by atoms with Crippen LogP contribution in [0.25, 0.3) is 0 Å². The van der Waals surface area contributed by atoms with Crippen LogP contribution in [0.4, 0.5) is 0 Å². The average molecular weight is 840 g/mol. The molecule has 0 aromatic carbocycles. The molecule has 1 aliphatic rings. The lowest BCUT2D eigenvalue weighted by Gasteiger charge is -2.40. The van der Waals surface area contributed by atoms with Crippen LogP contribution in [0.1, 0.15) is 245 Å². The van der Waals surface area contributed by atoms with Crippen LogP contribution in [0.5, 0.6) is 0 Å². The molecule has 0 aliphatic carbocycles. The number of aliphatic hydroxyl groups is 5. The zero-order valence-electron chi connectivity index (χ0n) is 38.5. The number of allylic oxidation sites excluding steroid dienone is 1. The van der Waals surface area contributed by atoms with E-state index in [0.29, 0.717) is 6.42 Å². The molecule has 0 saturated carbocycles. The van der Waals surface area contributed by atoms with Gasteiger partial charge in [0.2, 0.25) is 5.91 Å². The summed E-state index contributed by atoms with van der Waals surface area (Å²) < 4.78 is 11.2. The molecule has 1 amide bonds. The average Bonchev–Trinajstić information content (AvgIpc) is 3.23. The fourth-order valence-electron chi connectivity index (χ4n) is 8.28. The monoisotopic (exact) mass is 840 g/mol. The topological polar surface area (TPSA) is 149 Å². The van der Waals surface area contributed by atoms with Crippen molar-refractivity contribution >= 4 is 5.91 Å². The van der Waals surface area contributed by atoms with E-state index in [2.05, 4.69) is 19.2 Å². The number of hydrogen-bond acceptors (Lipinski definition) is 8. The number of unbranched alkanes of at least 4 members (excludes halogenated alkanes) is 33. The highest BCUT2D eigenvalue weighted by Gasteiger charge is 2.44. The highest BCUT2D eigenvalue weighted by molar-refractivity contribution is 5.76. The van der Waals surface area contributed by atoms with Crippen molar-refractivity contribution in [3.8, 4) is 0 Å². The molecule has 0 radical (unpaired) electrons. The van der Waals surface area contributed by atoms with Crippen molar-refractivity contribution in [2.45, 2.75) is 288 Å². The Morgan fingerprint density at radius 1 is 0.559 bits per heavy atom. The summed E-state index contributed by atoms with van der Waals surface area (Å²) >= 11 is 0. The van der Waals surface area contributed by atoms with E-state index in [1.165, 1.54) is 186 Å². The molecule has 350 valence electrons. The SMILES string of the molecule is CCCCCCCCCCCCCCCCC/C=C/C(O)C(COC1OC(CO)C(O)C(O)C1O)NC(=O)CCCCCCCCCCCCCCCCCCCCC. The minimum atomic E-state index is -1.56. The first-order valence-corrected chi connectivity index (χ1v) is 25.4. The number of rotatable bonds is 43. The molecule has 0 spiro atoms. The second-order valence-electron chi connectivity index (χ2n) is 18.0. The van der Waals surface area contributed by atoms with Gasteiger partial charge in [-0.2, -0.15) is 0 Å². The molecule has 0 aromatic rings. The van der Waals surface area contributed by atoms with Crippen molar-refractivity contribution in [1.82, 2.24) is 5.32 Å². The lowest BCUT2D eigenvalue weighted by molar-refractivity contribution is -0.302. The molecule has 0 bridgehead atoms. The number of carbonyl (C=O) groups is 1. The van der Waals surface area contributed by atoms with Crippen LogP contribution in [0.3, 0.4) is 0 Å². The van der Waals surface area contributed by atoms with Crippen molar-refractivity contribution in [1.29, 1.82) is 0 Å². The smallest absolute Gasteiger partial charge is 0.220 e. The minimum Gasteiger partial charge on any atom is -0.394 e. The number of aliphatic hydroxyl groups excluding tert-OH is 5. The van der Waals surface area contributed by atoms with Crippen LogP contribution < -0.4 is 5.32 Å². The van der Waals surface area contributed by atoms with E-state index in [9.17, 15) is 30.3 Å². The van der Waals surface area contributed by atoms with Gasteiger partial charge in [0.1, 0.15) is 24.4 Å². The van der Waals surface area contributed by atoms with Gasteiger partial charge in [-0.05, 0) is 19.3 Å². The number of carbonyl (C=O) groups excluding carboxylic acids is 1. The number of ether oxygens (including phenoxy) is 2. The molecule has 1 saturated heterocycles. The summed E-state index contributed by atoms with van der Waals surface area (Å²) in [5, 5.41) is 54.3. The summed E-state index contributed by atoms with van der Waals surface area (Å²) in [5.74, 6) is -0.172. The lowest BCUT2D eigenvalue weighted by atomic mass is 9.99. The molecule has 7 atom stereocenters. The van der Waals surface area contributed by atoms with Crippen LogP contribution >= 0.6 is 0 Å². The Morgan fingerprint density at radius 2 is 0.932 bits per heavy atom. The van der Waals surface area contributed by atoms with E-state index in [1.54, 1.807) is 6.08 Å². The summed E-state index contributed by atoms with van der Waals surface area (Å²) in [6, 6.07) is -0.799. The maximum Gasteiger partial charge on any atom is 0.220 e. The largest absolute Gasteiger partial charge is 0.394 e. The van der Waals surface area contributed by atoms with Crippen molar-refractivity contribution in [2.24, 2.45) is 0 Å². The molecule has 1 aliphatic heterocycles. The molecular formula is C50H97NO8. The van der Waals surface area contributed by atoms with Crippen molar-refractivity contribution in [3.05, 3.63) is 12.2 Å². The van der Waals surface area contributed by atoms with Crippen molar-refractivity contribution in [3.63, 3.8) is 0 Å². The van der Waals surface area contributed by atoms with E-state index in [1.807, 2.05) is 6.08 Å². The van der Waals surface area contributed by atoms with E-state index < -0.39 is 49.5 Å². The van der Waals surface area contributed by atoms with Gasteiger partial charge in [-0.15, -0.1) is 0 Å². The van der Waals surface area contributed by atoms with E-state index in [0.717, 1.165) is 38.5 Å². The fourth-order valence-corrected chi connectivity index (χ4v) is 8.28. The molecule has 1 rings (SSSR count). The Bertz CT molecular complexity index is 935. The molecule has 1 fully saturated rings. The van der Waals surface area contributed by atoms with E-state index in [4.69, 9.17) is 9.47 Å². The van der Waals surface area contributed by atoms with Gasteiger partial charge < -0.3 is 40.3 Å². The van der Waals surface area contributed by atoms with Gasteiger partial charge in [-0.1, -0.05) is 231 Å². The second kappa shape index (κ2) is 41.0. The van der Waals surface area contributed by atoms with E-state index in [-0.39, 0.29) is 12.5 Å². The summed E-state index contributed by atoms with van der Waals surface area (Å²) in [4.78, 5) is 13.0. The minimum absolute atomic E-state index is 0.172. The predicted molar refractivity (Wildman–Crippen MR) is 244 cm³/mol. The summed E-state index contributed by atoms with van der Waals surface area (Å²) in [6.07, 6.45) is 41.1. The van der Waals surface area contributed by atoms with Gasteiger partial charge in [0, 0.05) is 6.42 Å². The fraction of sp³-hybridized carbons (Fsp3) is 0.940. The van der Waals surface area contributed by atoms with Crippen LogP contribution in [-0.4, -0.2) is 87.5 Å². The predicted octanol–water partition coefficient (Wildman–Crippen LogP) is 11.3.